The number of likely N-dealkylation sites (tertiary alicyclic amines) is 1. The van der Waals surface area contributed by atoms with Crippen LogP contribution in [-0.4, -0.2) is 80.1 Å². The second-order valence-electron chi connectivity index (χ2n) is 10.1. The van der Waals surface area contributed by atoms with Crippen LogP contribution in [0.3, 0.4) is 0 Å². The highest BCUT2D eigenvalue weighted by atomic mass is 15.3. The monoisotopic (exact) mass is 400 g/mol. The predicted molar refractivity (Wildman–Crippen MR) is 126 cm³/mol. The van der Waals surface area contributed by atoms with Crippen LogP contribution in [0.5, 0.6) is 0 Å². The maximum Gasteiger partial charge on any atom is 0.0367 e. The summed E-state index contributed by atoms with van der Waals surface area (Å²) in [6, 6.07) is 10.0. The van der Waals surface area contributed by atoms with Crippen LogP contribution in [0, 0.1) is 11.8 Å². The highest BCUT2D eigenvalue weighted by molar-refractivity contribution is 5.48. The molecule has 4 nitrogen and oxygen atoms in total. The first-order valence-electron chi connectivity index (χ1n) is 11.9. The van der Waals surface area contributed by atoms with E-state index in [1.807, 2.05) is 0 Å². The lowest BCUT2D eigenvalue weighted by Crippen LogP contribution is -2.48. The lowest BCUT2D eigenvalue weighted by molar-refractivity contribution is 0.141. The van der Waals surface area contributed by atoms with E-state index in [1.165, 1.54) is 63.4 Å². The molecule has 4 heteroatoms. The van der Waals surface area contributed by atoms with Crippen molar-refractivity contribution in [1.29, 1.82) is 0 Å². The van der Waals surface area contributed by atoms with Gasteiger partial charge in [0, 0.05) is 57.5 Å². The molecule has 0 aromatic heterocycles. The van der Waals surface area contributed by atoms with Crippen LogP contribution in [-0.2, 0) is 6.54 Å². The number of nitrogens with zero attached hydrogens (tertiary/aromatic N) is 4. The molecule has 1 aromatic carbocycles. The smallest absolute Gasteiger partial charge is 0.0367 e. The van der Waals surface area contributed by atoms with Gasteiger partial charge in [-0.3, -0.25) is 4.90 Å². The number of hydrogen-bond donors (Lipinski definition) is 0. The van der Waals surface area contributed by atoms with Crippen molar-refractivity contribution in [3.63, 3.8) is 0 Å². The topological polar surface area (TPSA) is 13.0 Å². The highest BCUT2D eigenvalue weighted by Crippen LogP contribution is 2.21. The molecule has 1 aromatic rings. The summed E-state index contributed by atoms with van der Waals surface area (Å²) in [7, 11) is 2.29. The number of piperidine rings is 1. The standard InChI is InChI=1S/C25H44N4/c1-21(2)18-27-12-10-24(11-13-27)20-26(5)19-23-6-8-25(9-7-23)29-16-14-28(15-17-29)22(3)4/h6-9,21-22,24H,10-20H2,1-5H3. The summed E-state index contributed by atoms with van der Waals surface area (Å²) in [4.78, 5) is 10.3. The molecule has 2 fully saturated rings. The fraction of sp³-hybridized carbons (Fsp3) is 0.760. The number of benzene rings is 1. The van der Waals surface area contributed by atoms with Gasteiger partial charge < -0.3 is 14.7 Å². The van der Waals surface area contributed by atoms with Crippen molar-refractivity contribution in [3.8, 4) is 0 Å². The first-order valence-corrected chi connectivity index (χ1v) is 11.9. The maximum absolute atomic E-state index is 2.65. The van der Waals surface area contributed by atoms with E-state index >= 15 is 0 Å². The quantitative estimate of drug-likeness (QED) is 0.653. The van der Waals surface area contributed by atoms with Crippen LogP contribution in [0.1, 0.15) is 46.1 Å². The van der Waals surface area contributed by atoms with Crippen molar-refractivity contribution in [3.05, 3.63) is 29.8 Å². The highest BCUT2D eigenvalue weighted by Gasteiger charge is 2.21. The van der Waals surface area contributed by atoms with Gasteiger partial charge in [-0.05, 0) is 76.4 Å². The zero-order valence-electron chi connectivity index (χ0n) is 19.6. The molecule has 0 amide bonds. The summed E-state index contributed by atoms with van der Waals surface area (Å²) < 4.78 is 0. The van der Waals surface area contributed by atoms with Gasteiger partial charge in [-0.2, -0.15) is 0 Å². The zero-order valence-corrected chi connectivity index (χ0v) is 19.6. The van der Waals surface area contributed by atoms with Gasteiger partial charge in [0.05, 0.1) is 0 Å². The molecule has 0 saturated carbocycles. The van der Waals surface area contributed by atoms with E-state index in [-0.39, 0.29) is 0 Å². The third-order valence-corrected chi connectivity index (χ3v) is 6.70. The first-order chi connectivity index (χ1) is 13.9. The number of rotatable bonds is 8. The van der Waals surface area contributed by atoms with E-state index in [0.29, 0.717) is 6.04 Å². The van der Waals surface area contributed by atoms with Crippen molar-refractivity contribution >= 4 is 5.69 Å². The zero-order chi connectivity index (χ0) is 20.8. The molecule has 164 valence electrons. The Morgan fingerprint density at radius 3 is 2.07 bits per heavy atom. The second-order valence-corrected chi connectivity index (χ2v) is 10.1. The SMILES string of the molecule is CC(C)CN1CCC(CN(C)Cc2ccc(N3CCN(C(C)C)CC3)cc2)CC1. The molecule has 2 aliphatic heterocycles. The lowest BCUT2D eigenvalue weighted by Gasteiger charge is -2.38. The van der Waals surface area contributed by atoms with Crippen LogP contribution >= 0.6 is 0 Å². The summed E-state index contributed by atoms with van der Waals surface area (Å²) in [5.41, 5.74) is 2.83. The van der Waals surface area contributed by atoms with Crippen molar-refractivity contribution in [2.24, 2.45) is 11.8 Å². The largest absolute Gasteiger partial charge is 0.369 e. The van der Waals surface area contributed by atoms with E-state index in [0.717, 1.165) is 31.5 Å². The molecule has 0 aliphatic carbocycles. The Hall–Kier alpha value is -1.10. The normalized spacial score (nSPS) is 20.3. The minimum atomic E-state index is 0.664. The average molecular weight is 401 g/mol. The number of anilines is 1. The third kappa shape index (κ3) is 6.97. The number of hydrogen-bond acceptors (Lipinski definition) is 4. The fourth-order valence-electron chi connectivity index (χ4n) is 4.99. The molecule has 0 bridgehead atoms. The third-order valence-electron chi connectivity index (χ3n) is 6.70. The van der Waals surface area contributed by atoms with Crippen LogP contribution in [0.2, 0.25) is 0 Å². The van der Waals surface area contributed by atoms with Crippen LogP contribution in [0.4, 0.5) is 5.69 Å². The summed E-state index contributed by atoms with van der Waals surface area (Å²) in [6.45, 7) is 20.0. The van der Waals surface area contributed by atoms with Crippen molar-refractivity contribution in [2.75, 3.05) is 64.3 Å². The van der Waals surface area contributed by atoms with Gasteiger partial charge in [0.15, 0.2) is 0 Å². The van der Waals surface area contributed by atoms with E-state index in [1.54, 1.807) is 0 Å². The molecule has 0 spiro atoms. The summed E-state index contributed by atoms with van der Waals surface area (Å²) in [6.07, 6.45) is 2.72. The molecule has 0 atom stereocenters. The Bertz CT molecular complexity index is 581. The van der Waals surface area contributed by atoms with Crippen LogP contribution in [0.15, 0.2) is 24.3 Å². The summed E-state index contributed by atoms with van der Waals surface area (Å²) >= 11 is 0. The van der Waals surface area contributed by atoms with Gasteiger partial charge >= 0.3 is 0 Å². The second kappa shape index (κ2) is 10.8. The Labute approximate surface area is 179 Å². The summed E-state index contributed by atoms with van der Waals surface area (Å²) in [5.74, 6) is 1.65. The van der Waals surface area contributed by atoms with Gasteiger partial charge in [0.2, 0.25) is 0 Å². The molecule has 2 aliphatic rings. The lowest BCUT2D eigenvalue weighted by atomic mass is 9.95. The van der Waals surface area contributed by atoms with Gasteiger partial charge in [-0.15, -0.1) is 0 Å². The van der Waals surface area contributed by atoms with Gasteiger partial charge in [0.1, 0.15) is 0 Å². The van der Waals surface area contributed by atoms with Crippen molar-refractivity contribution in [1.82, 2.24) is 14.7 Å². The molecule has 0 N–H and O–H groups in total. The average Bonchev–Trinajstić information content (AvgIpc) is 2.70. The van der Waals surface area contributed by atoms with Gasteiger partial charge in [-0.1, -0.05) is 26.0 Å². The van der Waals surface area contributed by atoms with Crippen LogP contribution in [0.25, 0.3) is 0 Å². The number of piperazine rings is 1. The molecular formula is C25H44N4. The van der Waals surface area contributed by atoms with E-state index in [9.17, 15) is 0 Å². The van der Waals surface area contributed by atoms with Crippen LogP contribution < -0.4 is 4.90 Å². The van der Waals surface area contributed by atoms with Crippen molar-refractivity contribution in [2.45, 2.75) is 53.1 Å². The summed E-state index contributed by atoms with van der Waals surface area (Å²) in [5, 5.41) is 0. The molecule has 2 saturated heterocycles. The minimum absolute atomic E-state index is 0.664. The Balaban J connectivity index is 1.41. The Morgan fingerprint density at radius 2 is 1.52 bits per heavy atom. The Morgan fingerprint density at radius 1 is 0.897 bits per heavy atom. The molecule has 0 radical (unpaired) electrons. The molecule has 3 rings (SSSR count). The minimum Gasteiger partial charge on any atom is -0.369 e. The van der Waals surface area contributed by atoms with E-state index in [2.05, 4.69) is 78.6 Å². The maximum atomic E-state index is 2.65. The molecular weight excluding hydrogens is 356 g/mol. The van der Waals surface area contributed by atoms with E-state index in [4.69, 9.17) is 0 Å². The van der Waals surface area contributed by atoms with Gasteiger partial charge in [-0.25, -0.2) is 0 Å². The molecule has 2 heterocycles. The van der Waals surface area contributed by atoms with Crippen molar-refractivity contribution < 1.29 is 0 Å². The first kappa shape index (κ1) is 22.6. The molecule has 0 unspecified atom stereocenters. The molecule has 29 heavy (non-hydrogen) atoms. The Kier molecular flexibility index (Phi) is 8.40. The fourth-order valence-corrected chi connectivity index (χ4v) is 4.99. The van der Waals surface area contributed by atoms with E-state index < -0.39 is 0 Å². The predicted octanol–water partition coefficient (Wildman–Crippen LogP) is 4.02. The van der Waals surface area contributed by atoms with Gasteiger partial charge in [0.25, 0.3) is 0 Å².